The highest BCUT2D eigenvalue weighted by atomic mass is 35.5. The number of carbonyl (C=O) groups is 2. The summed E-state index contributed by atoms with van der Waals surface area (Å²) < 4.78 is 4.61. The van der Waals surface area contributed by atoms with Crippen LogP contribution in [0.4, 0.5) is 5.69 Å². The van der Waals surface area contributed by atoms with Crippen molar-refractivity contribution in [2.24, 2.45) is 4.99 Å². The normalized spacial score (nSPS) is 16.0. The van der Waals surface area contributed by atoms with Crippen LogP contribution in [-0.4, -0.2) is 42.9 Å². The number of aliphatic imine (C=N–C) groups is 1. The summed E-state index contributed by atoms with van der Waals surface area (Å²) in [6, 6.07) is 2.84. The molecule has 0 radical (unpaired) electrons. The number of guanidine groups is 1. The van der Waals surface area contributed by atoms with E-state index in [1.165, 1.54) is 31.1 Å². The first-order valence-electron chi connectivity index (χ1n) is 6.12. The molecule has 1 aliphatic heterocycles. The van der Waals surface area contributed by atoms with Crippen LogP contribution in [0.3, 0.4) is 0 Å². The lowest BCUT2D eigenvalue weighted by Crippen LogP contribution is -2.33. The van der Waals surface area contributed by atoms with Crippen LogP contribution in [0.15, 0.2) is 17.1 Å². The SMILES string of the molecule is COC(=O)c1cc(Cl)c(/N=C2\NCCN2C(C)=O)c(Cl)c1. The summed E-state index contributed by atoms with van der Waals surface area (Å²) in [5.74, 6) is -0.281. The van der Waals surface area contributed by atoms with Crippen LogP contribution in [0.25, 0.3) is 0 Å². The van der Waals surface area contributed by atoms with Gasteiger partial charge in [0.2, 0.25) is 11.9 Å². The first-order valence-corrected chi connectivity index (χ1v) is 6.87. The zero-order valence-electron chi connectivity index (χ0n) is 11.4. The zero-order valence-corrected chi connectivity index (χ0v) is 13.0. The Morgan fingerprint density at radius 2 is 1.95 bits per heavy atom. The van der Waals surface area contributed by atoms with Gasteiger partial charge >= 0.3 is 5.97 Å². The summed E-state index contributed by atoms with van der Waals surface area (Å²) in [6.07, 6.45) is 0. The smallest absolute Gasteiger partial charge is 0.337 e. The molecule has 1 aromatic rings. The summed E-state index contributed by atoms with van der Waals surface area (Å²) >= 11 is 12.2. The lowest BCUT2D eigenvalue weighted by Gasteiger charge is -2.13. The van der Waals surface area contributed by atoms with E-state index >= 15 is 0 Å². The predicted molar refractivity (Wildman–Crippen MR) is 80.3 cm³/mol. The van der Waals surface area contributed by atoms with Crippen molar-refractivity contribution in [1.82, 2.24) is 10.2 Å². The second kappa shape index (κ2) is 6.32. The van der Waals surface area contributed by atoms with Gasteiger partial charge < -0.3 is 10.1 Å². The van der Waals surface area contributed by atoms with E-state index in [-0.39, 0.29) is 21.5 Å². The van der Waals surface area contributed by atoms with Gasteiger partial charge in [0, 0.05) is 20.0 Å². The Morgan fingerprint density at radius 3 is 2.48 bits per heavy atom. The molecule has 1 fully saturated rings. The maximum absolute atomic E-state index is 11.5. The number of benzene rings is 1. The van der Waals surface area contributed by atoms with Gasteiger partial charge in [0.15, 0.2) is 0 Å². The van der Waals surface area contributed by atoms with Crippen molar-refractivity contribution < 1.29 is 14.3 Å². The van der Waals surface area contributed by atoms with Crippen LogP contribution >= 0.6 is 23.2 Å². The van der Waals surface area contributed by atoms with Gasteiger partial charge in [0.25, 0.3) is 0 Å². The highest BCUT2D eigenvalue weighted by Gasteiger charge is 2.23. The van der Waals surface area contributed by atoms with E-state index in [2.05, 4.69) is 15.0 Å². The summed E-state index contributed by atoms with van der Waals surface area (Å²) in [6.45, 7) is 2.59. The average molecular weight is 330 g/mol. The number of amides is 1. The van der Waals surface area contributed by atoms with Gasteiger partial charge in [-0.25, -0.2) is 9.79 Å². The first kappa shape index (κ1) is 15.6. The lowest BCUT2D eigenvalue weighted by molar-refractivity contribution is -0.124. The average Bonchev–Trinajstić information content (AvgIpc) is 2.90. The fraction of sp³-hybridized carbons (Fsp3) is 0.308. The molecule has 0 aliphatic carbocycles. The van der Waals surface area contributed by atoms with Gasteiger partial charge in [-0.15, -0.1) is 0 Å². The van der Waals surface area contributed by atoms with Crippen molar-refractivity contribution in [1.29, 1.82) is 0 Å². The van der Waals surface area contributed by atoms with Gasteiger partial charge in [0.05, 0.1) is 22.7 Å². The molecule has 1 N–H and O–H groups in total. The van der Waals surface area contributed by atoms with E-state index in [4.69, 9.17) is 23.2 Å². The molecule has 1 heterocycles. The Morgan fingerprint density at radius 1 is 1.33 bits per heavy atom. The number of ether oxygens (including phenoxy) is 1. The Labute approximate surface area is 131 Å². The van der Waals surface area contributed by atoms with Crippen LogP contribution < -0.4 is 5.32 Å². The van der Waals surface area contributed by atoms with Gasteiger partial charge in [-0.05, 0) is 12.1 Å². The number of esters is 1. The van der Waals surface area contributed by atoms with Gasteiger partial charge in [-0.3, -0.25) is 9.69 Å². The second-order valence-electron chi connectivity index (χ2n) is 4.31. The predicted octanol–water partition coefficient (Wildman–Crippen LogP) is 2.22. The van der Waals surface area contributed by atoms with Crippen molar-refractivity contribution in [2.45, 2.75) is 6.92 Å². The number of carbonyl (C=O) groups excluding carboxylic acids is 2. The maximum Gasteiger partial charge on any atom is 0.337 e. The number of nitrogens with zero attached hydrogens (tertiary/aromatic N) is 2. The molecule has 8 heteroatoms. The van der Waals surface area contributed by atoms with Crippen LogP contribution in [0, 0.1) is 0 Å². The van der Waals surface area contributed by atoms with Crippen LogP contribution in [0.2, 0.25) is 10.0 Å². The minimum absolute atomic E-state index is 0.128. The molecule has 1 saturated heterocycles. The van der Waals surface area contributed by atoms with Crippen LogP contribution in [-0.2, 0) is 9.53 Å². The fourth-order valence-electron chi connectivity index (χ4n) is 1.90. The van der Waals surface area contributed by atoms with Crippen molar-refractivity contribution in [3.05, 3.63) is 27.7 Å². The summed E-state index contributed by atoms with van der Waals surface area (Å²) in [7, 11) is 1.27. The van der Waals surface area contributed by atoms with E-state index in [0.29, 0.717) is 24.7 Å². The van der Waals surface area contributed by atoms with E-state index in [1.54, 1.807) is 0 Å². The minimum Gasteiger partial charge on any atom is -0.465 e. The third kappa shape index (κ3) is 3.28. The largest absolute Gasteiger partial charge is 0.465 e. The van der Waals surface area contributed by atoms with Crippen molar-refractivity contribution in [3.63, 3.8) is 0 Å². The molecule has 0 atom stereocenters. The monoisotopic (exact) mass is 329 g/mol. The third-order valence-electron chi connectivity index (χ3n) is 2.91. The Balaban J connectivity index is 2.41. The highest BCUT2D eigenvalue weighted by molar-refractivity contribution is 6.39. The Hall–Kier alpha value is -1.79. The van der Waals surface area contributed by atoms with E-state index in [0.717, 1.165) is 0 Å². The quantitative estimate of drug-likeness (QED) is 0.844. The molecule has 112 valence electrons. The molecule has 1 aliphatic rings. The molecular formula is C13H13Cl2N3O3. The van der Waals surface area contributed by atoms with E-state index < -0.39 is 5.97 Å². The Kier molecular flexibility index (Phi) is 4.69. The lowest BCUT2D eigenvalue weighted by atomic mass is 10.2. The maximum atomic E-state index is 11.5. The van der Waals surface area contributed by atoms with Gasteiger partial charge in [0.1, 0.15) is 5.69 Å². The minimum atomic E-state index is -0.539. The molecule has 21 heavy (non-hydrogen) atoms. The topological polar surface area (TPSA) is 71.0 Å². The first-order chi connectivity index (χ1) is 9.93. The number of methoxy groups -OCH3 is 1. The van der Waals surface area contributed by atoms with Crippen molar-refractivity contribution >= 4 is 46.7 Å². The molecule has 2 rings (SSSR count). The van der Waals surface area contributed by atoms with E-state index in [9.17, 15) is 9.59 Å². The number of rotatable bonds is 2. The summed E-state index contributed by atoms with van der Waals surface area (Å²) in [4.78, 5) is 28.7. The molecular weight excluding hydrogens is 317 g/mol. The molecule has 0 spiro atoms. The molecule has 0 unspecified atom stereocenters. The molecule has 6 nitrogen and oxygen atoms in total. The number of hydrogen-bond donors (Lipinski definition) is 1. The summed E-state index contributed by atoms with van der Waals surface area (Å²) in [5.41, 5.74) is 0.529. The number of nitrogens with one attached hydrogen (secondary N) is 1. The fourth-order valence-corrected chi connectivity index (χ4v) is 2.47. The van der Waals surface area contributed by atoms with Gasteiger partial charge in [-0.1, -0.05) is 23.2 Å². The highest BCUT2D eigenvalue weighted by Crippen LogP contribution is 2.35. The molecule has 0 aromatic heterocycles. The zero-order chi connectivity index (χ0) is 15.6. The second-order valence-corrected chi connectivity index (χ2v) is 5.13. The van der Waals surface area contributed by atoms with Gasteiger partial charge in [-0.2, -0.15) is 0 Å². The van der Waals surface area contributed by atoms with Crippen molar-refractivity contribution in [2.75, 3.05) is 20.2 Å². The Bertz CT molecular complexity index is 608. The standard InChI is InChI=1S/C13H13Cl2N3O3/c1-7(19)18-4-3-16-13(18)17-11-9(14)5-8(6-10(11)15)12(20)21-2/h5-6H,3-4H2,1-2H3,(H,16,17). The third-order valence-corrected chi connectivity index (χ3v) is 3.49. The van der Waals surface area contributed by atoms with Crippen LogP contribution in [0.1, 0.15) is 17.3 Å². The molecule has 1 aromatic carbocycles. The molecule has 0 saturated carbocycles. The molecule has 1 amide bonds. The van der Waals surface area contributed by atoms with Crippen molar-refractivity contribution in [3.8, 4) is 0 Å². The number of hydrogen-bond acceptors (Lipinski definition) is 4. The molecule has 0 bridgehead atoms. The summed E-state index contributed by atoms with van der Waals surface area (Å²) in [5, 5.41) is 3.39. The van der Waals surface area contributed by atoms with E-state index in [1.807, 2.05) is 0 Å². The van der Waals surface area contributed by atoms with Crippen LogP contribution in [0.5, 0.6) is 0 Å². The number of halogens is 2.